The van der Waals surface area contributed by atoms with Crippen molar-refractivity contribution in [3.8, 4) is 0 Å². The molecule has 0 aliphatic carbocycles. The molecule has 7 heteroatoms. The van der Waals surface area contributed by atoms with E-state index < -0.39 is 0 Å². The third kappa shape index (κ3) is 6.80. The number of carbonyl (C=O) groups excluding carboxylic acids is 1. The van der Waals surface area contributed by atoms with Gasteiger partial charge in [0.15, 0.2) is 0 Å². The Bertz CT molecular complexity index is 559. The summed E-state index contributed by atoms with van der Waals surface area (Å²) in [5.41, 5.74) is 1.97. The van der Waals surface area contributed by atoms with Crippen LogP contribution in [0.2, 0.25) is 5.02 Å². The Kier molecular flexibility index (Phi) is 10.7. The van der Waals surface area contributed by atoms with Crippen molar-refractivity contribution in [2.75, 3.05) is 36.4 Å². The predicted molar refractivity (Wildman–Crippen MR) is 115 cm³/mol. The molecule has 1 aromatic carbocycles. The highest BCUT2D eigenvalue weighted by atomic mass is 35.5. The molecule has 4 nitrogen and oxygen atoms in total. The van der Waals surface area contributed by atoms with E-state index in [4.69, 9.17) is 11.6 Å². The van der Waals surface area contributed by atoms with E-state index in [1.807, 2.05) is 18.2 Å². The van der Waals surface area contributed by atoms with Crippen molar-refractivity contribution in [1.29, 1.82) is 0 Å². The van der Waals surface area contributed by atoms with Gasteiger partial charge in [-0.15, -0.1) is 24.8 Å². The predicted octanol–water partition coefficient (Wildman–Crippen LogP) is 4.89. The summed E-state index contributed by atoms with van der Waals surface area (Å²) in [5.74, 6) is 0.784. The Morgan fingerprint density at radius 3 is 2.54 bits per heavy atom. The quantitative estimate of drug-likeness (QED) is 0.710. The number of carbonyl (C=O) groups is 1. The number of nitrogens with zero attached hydrogens (tertiary/aromatic N) is 1. The molecule has 2 aliphatic rings. The SMILES string of the molecule is Cl.Cl.O=C(CCC1CCNCC1)Nc1cc(Cl)ccc1N1CCCCC1. The first-order valence-electron chi connectivity index (χ1n) is 9.27. The summed E-state index contributed by atoms with van der Waals surface area (Å²) in [6.45, 7) is 4.28. The Labute approximate surface area is 174 Å². The highest BCUT2D eigenvalue weighted by molar-refractivity contribution is 6.31. The molecule has 26 heavy (non-hydrogen) atoms. The van der Waals surface area contributed by atoms with Crippen LogP contribution in [0.15, 0.2) is 18.2 Å². The van der Waals surface area contributed by atoms with E-state index in [1.54, 1.807) is 0 Å². The van der Waals surface area contributed by atoms with Crippen LogP contribution in [0.1, 0.15) is 44.9 Å². The van der Waals surface area contributed by atoms with Crippen LogP contribution in [0.25, 0.3) is 0 Å². The first kappa shape index (κ1) is 23.4. The van der Waals surface area contributed by atoms with Gasteiger partial charge in [0.25, 0.3) is 0 Å². The zero-order valence-electron chi connectivity index (χ0n) is 15.1. The summed E-state index contributed by atoms with van der Waals surface area (Å²) in [7, 11) is 0. The number of halogens is 3. The molecule has 2 aliphatic heterocycles. The van der Waals surface area contributed by atoms with Gasteiger partial charge in [0.1, 0.15) is 0 Å². The molecule has 0 saturated carbocycles. The number of hydrogen-bond donors (Lipinski definition) is 2. The highest BCUT2D eigenvalue weighted by Gasteiger charge is 2.18. The van der Waals surface area contributed by atoms with Crippen LogP contribution in [0.5, 0.6) is 0 Å². The summed E-state index contributed by atoms with van der Waals surface area (Å²) in [6.07, 6.45) is 7.66. The van der Waals surface area contributed by atoms with E-state index in [-0.39, 0.29) is 30.7 Å². The maximum atomic E-state index is 12.4. The van der Waals surface area contributed by atoms with Crippen LogP contribution in [-0.2, 0) is 4.79 Å². The van der Waals surface area contributed by atoms with Crippen molar-refractivity contribution in [3.63, 3.8) is 0 Å². The molecule has 148 valence electrons. The van der Waals surface area contributed by atoms with Gasteiger partial charge in [-0.2, -0.15) is 0 Å². The minimum atomic E-state index is 0. The Hall–Kier alpha value is -0.680. The number of rotatable bonds is 5. The highest BCUT2D eigenvalue weighted by Crippen LogP contribution is 2.31. The maximum absolute atomic E-state index is 12.4. The smallest absolute Gasteiger partial charge is 0.224 e. The first-order chi connectivity index (χ1) is 11.7. The van der Waals surface area contributed by atoms with E-state index in [0.717, 1.165) is 44.0 Å². The Balaban J connectivity index is 0.00000169. The van der Waals surface area contributed by atoms with Crippen LogP contribution < -0.4 is 15.5 Å². The molecule has 0 unspecified atom stereocenters. The third-order valence-electron chi connectivity index (χ3n) is 5.17. The molecule has 2 N–H and O–H groups in total. The lowest BCUT2D eigenvalue weighted by Gasteiger charge is -2.30. The summed E-state index contributed by atoms with van der Waals surface area (Å²) >= 11 is 6.16. The summed E-state index contributed by atoms with van der Waals surface area (Å²) in [6, 6.07) is 5.83. The Morgan fingerprint density at radius 1 is 1.15 bits per heavy atom. The molecule has 1 amide bonds. The summed E-state index contributed by atoms with van der Waals surface area (Å²) in [4.78, 5) is 14.8. The van der Waals surface area contributed by atoms with E-state index in [2.05, 4.69) is 15.5 Å². The molecule has 0 bridgehead atoms. The van der Waals surface area contributed by atoms with Crippen molar-refractivity contribution in [2.24, 2.45) is 5.92 Å². The molecule has 2 heterocycles. The fraction of sp³-hybridized carbons (Fsp3) is 0.632. The fourth-order valence-electron chi connectivity index (χ4n) is 3.74. The van der Waals surface area contributed by atoms with Gasteiger partial charge in [-0.3, -0.25) is 4.79 Å². The molecular weight excluding hydrogens is 393 g/mol. The van der Waals surface area contributed by atoms with Gasteiger partial charge in [-0.1, -0.05) is 11.6 Å². The summed E-state index contributed by atoms with van der Waals surface area (Å²) in [5, 5.41) is 7.15. The molecule has 2 fully saturated rings. The second-order valence-corrected chi connectivity index (χ2v) is 7.43. The number of piperidine rings is 2. The Morgan fingerprint density at radius 2 is 1.85 bits per heavy atom. The van der Waals surface area contributed by atoms with Gasteiger partial charge in [0.2, 0.25) is 5.91 Å². The lowest BCUT2D eigenvalue weighted by Crippen LogP contribution is -2.30. The first-order valence-corrected chi connectivity index (χ1v) is 9.65. The maximum Gasteiger partial charge on any atom is 0.224 e. The van der Waals surface area contributed by atoms with E-state index in [1.165, 1.54) is 32.1 Å². The minimum Gasteiger partial charge on any atom is -0.370 e. The molecule has 0 atom stereocenters. The largest absolute Gasteiger partial charge is 0.370 e. The zero-order chi connectivity index (χ0) is 16.8. The van der Waals surface area contributed by atoms with Crippen molar-refractivity contribution in [3.05, 3.63) is 23.2 Å². The van der Waals surface area contributed by atoms with Gasteiger partial charge in [0.05, 0.1) is 11.4 Å². The second kappa shape index (κ2) is 11.9. The fourth-order valence-corrected chi connectivity index (χ4v) is 3.91. The average Bonchev–Trinajstić information content (AvgIpc) is 2.62. The molecule has 0 radical (unpaired) electrons. The van der Waals surface area contributed by atoms with E-state index >= 15 is 0 Å². The van der Waals surface area contributed by atoms with Crippen LogP contribution in [0, 0.1) is 5.92 Å². The van der Waals surface area contributed by atoms with E-state index in [9.17, 15) is 4.79 Å². The topological polar surface area (TPSA) is 44.4 Å². The lowest BCUT2D eigenvalue weighted by atomic mass is 9.93. The molecule has 2 saturated heterocycles. The molecule has 3 rings (SSSR count). The van der Waals surface area contributed by atoms with Crippen molar-refractivity contribution in [2.45, 2.75) is 44.9 Å². The number of anilines is 2. The normalized spacial score (nSPS) is 17.8. The number of amides is 1. The monoisotopic (exact) mass is 421 g/mol. The van der Waals surface area contributed by atoms with Gasteiger partial charge in [0, 0.05) is 24.5 Å². The van der Waals surface area contributed by atoms with Gasteiger partial charge in [-0.25, -0.2) is 0 Å². The van der Waals surface area contributed by atoms with Gasteiger partial charge in [-0.05, 0) is 75.7 Å². The van der Waals surface area contributed by atoms with Crippen molar-refractivity contribution < 1.29 is 4.79 Å². The van der Waals surface area contributed by atoms with Crippen LogP contribution in [0.3, 0.4) is 0 Å². The zero-order valence-corrected chi connectivity index (χ0v) is 17.5. The molecule has 0 aromatic heterocycles. The standard InChI is InChI=1S/C19H28ClN3O.2ClH/c20-16-5-6-18(23-12-2-1-3-13-23)17(14-16)22-19(24)7-4-15-8-10-21-11-9-15;;/h5-6,14-15,21H,1-4,7-13H2,(H,22,24);2*1H. The second-order valence-electron chi connectivity index (χ2n) is 6.99. The van der Waals surface area contributed by atoms with Crippen molar-refractivity contribution in [1.82, 2.24) is 5.32 Å². The third-order valence-corrected chi connectivity index (χ3v) is 5.40. The number of hydrogen-bond acceptors (Lipinski definition) is 3. The number of benzene rings is 1. The number of nitrogens with one attached hydrogen (secondary N) is 2. The van der Waals surface area contributed by atoms with Crippen LogP contribution in [-0.4, -0.2) is 32.1 Å². The average molecular weight is 423 g/mol. The lowest BCUT2D eigenvalue weighted by molar-refractivity contribution is -0.116. The van der Waals surface area contributed by atoms with Gasteiger partial charge >= 0.3 is 0 Å². The minimum absolute atomic E-state index is 0. The van der Waals surface area contributed by atoms with Crippen LogP contribution >= 0.6 is 36.4 Å². The molecule has 1 aromatic rings. The van der Waals surface area contributed by atoms with E-state index in [0.29, 0.717) is 17.4 Å². The molecule has 0 spiro atoms. The van der Waals surface area contributed by atoms with Crippen molar-refractivity contribution >= 4 is 53.7 Å². The summed E-state index contributed by atoms with van der Waals surface area (Å²) < 4.78 is 0. The van der Waals surface area contributed by atoms with Crippen LogP contribution in [0.4, 0.5) is 11.4 Å². The molecular formula is C19H30Cl3N3O. The van der Waals surface area contributed by atoms with Gasteiger partial charge < -0.3 is 15.5 Å².